The van der Waals surface area contributed by atoms with Gasteiger partial charge in [0, 0.05) is 18.7 Å². The fourth-order valence-electron chi connectivity index (χ4n) is 1.70. The van der Waals surface area contributed by atoms with Crippen molar-refractivity contribution in [2.75, 3.05) is 20.7 Å². The summed E-state index contributed by atoms with van der Waals surface area (Å²) in [5, 5.41) is 8.72. The molecule has 1 aromatic rings. The third-order valence-electron chi connectivity index (χ3n) is 2.51. The lowest BCUT2D eigenvalue weighted by Gasteiger charge is -2.18. The van der Waals surface area contributed by atoms with Crippen LogP contribution in [-0.2, 0) is 6.54 Å². The zero-order chi connectivity index (χ0) is 12.8. The molecule has 0 fully saturated rings. The molecule has 0 radical (unpaired) electrons. The van der Waals surface area contributed by atoms with Crippen molar-refractivity contribution >= 4 is 0 Å². The van der Waals surface area contributed by atoms with Crippen molar-refractivity contribution in [1.29, 1.82) is 5.26 Å². The van der Waals surface area contributed by atoms with E-state index in [0.717, 1.165) is 0 Å². The Morgan fingerprint density at radius 1 is 1.53 bits per heavy atom. The van der Waals surface area contributed by atoms with Crippen molar-refractivity contribution in [2.24, 2.45) is 5.92 Å². The molecule has 0 saturated heterocycles. The quantitative estimate of drug-likeness (QED) is 0.787. The van der Waals surface area contributed by atoms with E-state index in [1.807, 2.05) is 18.9 Å². The lowest BCUT2D eigenvalue weighted by Crippen LogP contribution is -2.23. The first kappa shape index (κ1) is 13.5. The Labute approximate surface area is 101 Å². The molecule has 17 heavy (non-hydrogen) atoms. The van der Waals surface area contributed by atoms with Crippen LogP contribution in [0.5, 0.6) is 5.75 Å². The number of hydrogen-bond acceptors (Lipinski definition) is 3. The minimum Gasteiger partial charge on any atom is -0.494 e. The number of rotatable bonds is 5. The van der Waals surface area contributed by atoms with Gasteiger partial charge in [0.1, 0.15) is 0 Å². The van der Waals surface area contributed by atoms with Crippen molar-refractivity contribution in [2.45, 2.75) is 13.5 Å². The molecule has 92 valence electrons. The van der Waals surface area contributed by atoms with E-state index in [2.05, 4.69) is 6.07 Å². The Hall–Kier alpha value is -1.60. The van der Waals surface area contributed by atoms with Gasteiger partial charge in [0.25, 0.3) is 0 Å². The van der Waals surface area contributed by atoms with Crippen molar-refractivity contribution in [3.05, 3.63) is 29.6 Å². The summed E-state index contributed by atoms with van der Waals surface area (Å²) < 4.78 is 18.8. The molecule has 4 heteroatoms. The third kappa shape index (κ3) is 3.72. The minimum atomic E-state index is -0.327. The first-order valence-electron chi connectivity index (χ1n) is 5.48. The number of ether oxygens (including phenoxy) is 1. The summed E-state index contributed by atoms with van der Waals surface area (Å²) in [7, 11) is 3.32. The molecule has 0 amide bonds. The van der Waals surface area contributed by atoms with E-state index in [-0.39, 0.29) is 17.5 Å². The second-order valence-corrected chi connectivity index (χ2v) is 4.16. The molecule has 1 rings (SSSR count). The van der Waals surface area contributed by atoms with Gasteiger partial charge in [0.2, 0.25) is 0 Å². The van der Waals surface area contributed by atoms with Crippen molar-refractivity contribution < 1.29 is 9.13 Å². The smallest absolute Gasteiger partial charge is 0.169 e. The first-order chi connectivity index (χ1) is 8.08. The maximum Gasteiger partial charge on any atom is 0.169 e. The number of hydrogen-bond donors (Lipinski definition) is 0. The molecular weight excluding hydrogens is 219 g/mol. The molecule has 1 unspecified atom stereocenters. The topological polar surface area (TPSA) is 36.3 Å². The minimum absolute atomic E-state index is 0.0614. The van der Waals surface area contributed by atoms with Gasteiger partial charge in [0.15, 0.2) is 11.6 Å². The standard InChI is InChI=1S/C13H17FN2O/c1-10(7-15)8-16(2)9-11-5-4-6-12(17-3)13(11)14/h4-6,10H,8-9H2,1-3H3. The molecule has 3 nitrogen and oxygen atoms in total. The van der Waals surface area contributed by atoms with Crippen LogP contribution in [0.15, 0.2) is 18.2 Å². The van der Waals surface area contributed by atoms with Crippen molar-refractivity contribution in [3.8, 4) is 11.8 Å². The molecule has 0 heterocycles. The highest BCUT2D eigenvalue weighted by Crippen LogP contribution is 2.21. The zero-order valence-electron chi connectivity index (χ0n) is 10.4. The molecule has 0 saturated carbocycles. The Balaban J connectivity index is 2.72. The van der Waals surface area contributed by atoms with Crippen LogP contribution < -0.4 is 4.74 Å². The van der Waals surface area contributed by atoms with Gasteiger partial charge >= 0.3 is 0 Å². The van der Waals surface area contributed by atoms with E-state index in [4.69, 9.17) is 10.00 Å². The highest BCUT2D eigenvalue weighted by Gasteiger charge is 2.11. The molecule has 0 aliphatic heterocycles. The van der Waals surface area contributed by atoms with Gasteiger partial charge in [-0.05, 0) is 20.0 Å². The molecular formula is C13H17FN2O. The van der Waals surface area contributed by atoms with Crippen LogP contribution in [0, 0.1) is 23.1 Å². The normalized spacial score (nSPS) is 12.2. The van der Waals surface area contributed by atoms with Gasteiger partial charge in [0.05, 0.1) is 19.1 Å². The maximum absolute atomic E-state index is 13.8. The second kappa shape index (κ2) is 6.21. The summed E-state index contributed by atoms with van der Waals surface area (Å²) in [4.78, 5) is 1.92. The number of nitriles is 1. The Morgan fingerprint density at radius 2 is 2.24 bits per heavy atom. The highest BCUT2D eigenvalue weighted by molar-refractivity contribution is 5.30. The van der Waals surface area contributed by atoms with Crippen LogP contribution in [0.2, 0.25) is 0 Å². The molecule has 1 atom stereocenters. The van der Waals surface area contributed by atoms with Gasteiger partial charge in [-0.25, -0.2) is 4.39 Å². The van der Waals surface area contributed by atoms with Gasteiger partial charge in [-0.2, -0.15) is 5.26 Å². The predicted octanol–water partition coefficient (Wildman–Crippen LogP) is 2.43. The van der Waals surface area contributed by atoms with Crippen LogP contribution in [0.3, 0.4) is 0 Å². The number of methoxy groups -OCH3 is 1. The summed E-state index contributed by atoms with van der Waals surface area (Å²) in [6.07, 6.45) is 0. The van der Waals surface area contributed by atoms with Crippen molar-refractivity contribution in [3.63, 3.8) is 0 Å². The van der Waals surface area contributed by atoms with Crippen LogP contribution in [0.25, 0.3) is 0 Å². The lowest BCUT2D eigenvalue weighted by atomic mass is 10.1. The van der Waals surface area contributed by atoms with E-state index in [9.17, 15) is 4.39 Å². The fraction of sp³-hybridized carbons (Fsp3) is 0.462. The second-order valence-electron chi connectivity index (χ2n) is 4.16. The van der Waals surface area contributed by atoms with E-state index in [1.165, 1.54) is 7.11 Å². The van der Waals surface area contributed by atoms with E-state index in [0.29, 0.717) is 18.7 Å². The monoisotopic (exact) mass is 236 g/mol. The first-order valence-corrected chi connectivity index (χ1v) is 5.48. The van der Waals surface area contributed by atoms with E-state index >= 15 is 0 Å². The average Bonchev–Trinajstić information content (AvgIpc) is 2.31. The number of halogens is 1. The zero-order valence-corrected chi connectivity index (χ0v) is 10.4. The average molecular weight is 236 g/mol. The van der Waals surface area contributed by atoms with E-state index in [1.54, 1.807) is 18.2 Å². The maximum atomic E-state index is 13.8. The molecule has 0 aliphatic rings. The Morgan fingerprint density at radius 3 is 2.82 bits per heavy atom. The Bertz CT molecular complexity index is 414. The van der Waals surface area contributed by atoms with Crippen LogP contribution >= 0.6 is 0 Å². The number of benzene rings is 1. The molecule has 0 aromatic heterocycles. The largest absolute Gasteiger partial charge is 0.494 e. The van der Waals surface area contributed by atoms with Gasteiger partial charge in [-0.3, -0.25) is 0 Å². The predicted molar refractivity (Wildman–Crippen MR) is 64.1 cm³/mol. The van der Waals surface area contributed by atoms with Crippen molar-refractivity contribution in [1.82, 2.24) is 4.90 Å². The summed E-state index contributed by atoms with van der Waals surface area (Å²) in [6, 6.07) is 7.24. The van der Waals surface area contributed by atoms with Gasteiger partial charge in [-0.15, -0.1) is 0 Å². The molecule has 0 spiro atoms. The molecule has 0 N–H and O–H groups in total. The summed E-state index contributed by atoms with van der Waals surface area (Å²) in [5.74, 6) is -0.135. The summed E-state index contributed by atoms with van der Waals surface area (Å²) in [6.45, 7) is 2.93. The third-order valence-corrected chi connectivity index (χ3v) is 2.51. The van der Waals surface area contributed by atoms with Crippen LogP contribution in [-0.4, -0.2) is 25.6 Å². The fourth-order valence-corrected chi connectivity index (χ4v) is 1.70. The van der Waals surface area contributed by atoms with E-state index < -0.39 is 0 Å². The van der Waals surface area contributed by atoms with Crippen LogP contribution in [0.4, 0.5) is 4.39 Å². The highest BCUT2D eigenvalue weighted by atomic mass is 19.1. The molecule has 0 bridgehead atoms. The summed E-state index contributed by atoms with van der Waals surface area (Å²) in [5.41, 5.74) is 0.581. The Kier molecular flexibility index (Phi) is 4.92. The van der Waals surface area contributed by atoms with Crippen LogP contribution in [0.1, 0.15) is 12.5 Å². The SMILES string of the molecule is COc1cccc(CN(C)CC(C)C#N)c1F. The molecule has 1 aromatic carbocycles. The summed E-state index contributed by atoms with van der Waals surface area (Å²) >= 11 is 0. The van der Waals surface area contributed by atoms with Gasteiger partial charge in [-0.1, -0.05) is 12.1 Å². The number of nitrogens with zero attached hydrogens (tertiary/aromatic N) is 2. The van der Waals surface area contributed by atoms with Gasteiger partial charge < -0.3 is 9.64 Å². The molecule has 0 aliphatic carbocycles. The lowest BCUT2D eigenvalue weighted by molar-refractivity contribution is 0.295.